The zero-order chi connectivity index (χ0) is 11.7. The molecular formula is C12H17N3O. The molecule has 0 unspecified atom stereocenters. The van der Waals surface area contributed by atoms with Crippen molar-refractivity contribution in [2.75, 3.05) is 24.7 Å². The monoisotopic (exact) mass is 219 g/mol. The second-order valence-electron chi connectivity index (χ2n) is 4.42. The van der Waals surface area contributed by atoms with Gasteiger partial charge in [0.2, 0.25) is 0 Å². The molecule has 0 radical (unpaired) electrons. The molecule has 1 amide bonds. The van der Waals surface area contributed by atoms with Crippen LogP contribution in [0.2, 0.25) is 0 Å². The topological polar surface area (TPSA) is 58.4 Å². The van der Waals surface area contributed by atoms with Gasteiger partial charge in [-0.2, -0.15) is 0 Å². The maximum absolute atomic E-state index is 12.0. The van der Waals surface area contributed by atoms with Crippen molar-refractivity contribution in [2.24, 2.45) is 0 Å². The van der Waals surface area contributed by atoms with Gasteiger partial charge < -0.3 is 16.0 Å². The first-order chi connectivity index (χ1) is 7.58. The lowest BCUT2D eigenvalue weighted by Crippen LogP contribution is -2.27. The summed E-state index contributed by atoms with van der Waals surface area (Å²) in [4.78, 5) is 13.9. The standard InChI is InChI=1S/C12H17N3O/c1-15(2)11-6-3-8(13)7-10(11)12(16)14-9-4-5-9/h3,6-7,9H,4-5,13H2,1-2H3,(H,14,16). The SMILES string of the molecule is CN(C)c1ccc(N)cc1C(=O)NC1CC1. The molecule has 0 saturated heterocycles. The third-order valence-corrected chi connectivity index (χ3v) is 2.66. The molecule has 0 atom stereocenters. The number of nitrogens with zero attached hydrogens (tertiary/aromatic N) is 1. The summed E-state index contributed by atoms with van der Waals surface area (Å²) < 4.78 is 0. The van der Waals surface area contributed by atoms with Crippen molar-refractivity contribution in [3.05, 3.63) is 23.8 Å². The highest BCUT2D eigenvalue weighted by molar-refractivity contribution is 6.00. The number of hydrogen-bond acceptors (Lipinski definition) is 3. The highest BCUT2D eigenvalue weighted by atomic mass is 16.1. The minimum Gasteiger partial charge on any atom is -0.399 e. The molecule has 16 heavy (non-hydrogen) atoms. The van der Waals surface area contributed by atoms with E-state index in [0.717, 1.165) is 18.5 Å². The molecule has 4 heteroatoms. The number of nitrogen functional groups attached to an aromatic ring is 1. The van der Waals surface area contributed by atoms with E-state index in [4.69, 9.17) is 5.73 Å². The second-order valence-corrected chi connectivity index (χ2v) is 4.42. The van der Waals surface area contributed by atoms with Crippen LogP contribution in [0.15, 0.2) is 18.2 Å². The van der Waals surface area contributed by atoms with Gasteiger partial charge >= 0.3 is 0 Å². The molecule has 0 aromatic heterocycles. The van der Waals surface area contributed by atoms with Crippen LogP contribution in [-0.2, 0) is 0 Å². The van der Waals surface area contributed by atoms with E-state index in [1.54, 1.807) is 6.07 Å². The number of amides is 1. The minimum absolute atomic E-state index is 0.0292. The smallest absolute Gasteiger partial charge is 0.253 e. The Labute approximate surface area is 95.4 Å². The molecule has 1 aromatic rings. The molecule has 3 N–H and O–H groups in total. The van der Waals surface area contributed by atoms with Gasteiger partial charge in [-0.05, 0) is 31.0 Å². The van der Waals surface area contributed by atoms with E-state index in [2.05, 4.69) is 5.32 Å². The van der Waals surface area contributed by atoms with E-state index in [-0.39, 0.29) is 5.91 Å². The maximum atomic E-state index is 12.0. The van der Waals surface area contributed by atoms with Crippen molar-refractivity contribution < 1.29 is 4.79 Å². The zero-order valence-corrected chi connectivity index (χ0v) is 9.66. The number of carbonyl (C=O) groups excluding carboxylic acids is 1. The number of nitrogens with two attached hydrogens (primary N) is 1. The van der Waals surface area contributed by atoms with Crippen molar-refractivity contribution in [1.29, 1.82) is 0 Å². The van der Waals surface area contributed by atoms with Crippen molar-refractivity contribution in [1.82, 2.24) is 5.32 Å². The third-order valence-electron chi connectivity index (χ3n) is 2.66. The molecule has 2 rings (SSSR count). The highest BCUT2D eigenvalue weighted by Gasteiger charge is 2.25. The Morgan fingerprint density at radius 3 is 2.69 bits per heavy atom. The molecule has 0 heterocycles. The number of carbonyl (C=O) groups is 1. The summed E-state index contributed by atoms with van der Waals surface area (Å²) >= 11 is 0. The molecule has 86 valence electrons. The van der Waals surface area contributed by atoms with Crippen molar-refractivity contribution in [3.8, 4) is 0 Å². The van der Waals surface area contributed by atoms with E-state index in [0.29, 0.717) is 17.3 Å². The van der Waals surface area contributed by atoms with Crippen LogP contribution in [0.1, 0.15) is 23.2 Å². The van der Waals surface area contributed by atoms with Crippen LogP contribution < -0.4 is 16.0 Å². The summed E-state index contributed by atoms with van der Waals surface area (Å²) in [7, 11) is 3.83. The number of nitrogens with one attached hydrogen (secondary N) is 1. The van der Waals surface area contributed by atoms with Gasteiger partial charge in [0.1, 0.15) is 0 Å². The predicted octanol–water partition coefficient (Wildman–Crippen LogP) is 1.23. The van der Waals surface area contributed by atoms with Crippen LogP contribution >= 0.6 is 0 Å². The largest absolute Gasteiger partial charge is 0.399 e. The molecule has 1 fully saturated rings. The Kier molecular flexibility index (Phi) is 2.73. The summed E-state index contributed by atoms with van der Waals surface area (Å²) in [5.41, 5.74) is 7.88. The fourth-order valence-corrected chi connectivity index (χ4v) is 1.62. The lowest BCUT2D eigenvalue weighted by molar-refractivity contribution is 0.0951. The molecule has 1 aliphatic rings. The number of rotatable bonds is 3. The number of benzene rings is 1. The van der Waals surface area contributed by atoms with Crippen molar-refractivity contribution in [2.45, 2.75) is 18.9 Å². The van der Waals surface area contributed by atoms with Crippen LogP contribution in [-0.4, -0.2) is 26.0 Å². The van der Waals surface area contributed by atoms with Gasteiger partial charge in [0.25, 0.3) is 5.91 Å². The van der Waals surface area contributed by atoms with E-state index >= 15 is 0 Å². The lowest BCUT2D eigenvalue weighted by atomic mass is 10.1. The quantitative estimate of drug-likeness (QED) is 0.752. The predicted molar refractivity (Wildman–Crippen MR) is 65.7 cm³/mol. The summed E-state index contributed by atoms with van der Waals surface area (Å²) in [6.07, 6.45) is 2.18. The summed E-state index contributed by atoms with van der Waals surface area (Å²) in [5.74, 6) is -0.0292. The van der Waals surface area contributed by atoms with Crippen LogP contribution in [0.5, 0.6) is 0 Å². The average Bonchev–Trinajstić information content (AvgIpc) is 3.01. The van der Waals surface area contributed by atoms with Crippen LogP contribution in [0, 0.1) is 0 Å². The molecule has 1 saturated carbocycles. The Morgan fingerprint density at radius 1 is 1.44 bits per heavy atom. The fraction of sp³-hybridized carbons (Fsp3) is 0.417. The van der Waals surface area contributed by atoms with Crippen molar-refractivity contribution >= 4 is 17.3 Å². The fourth-order valence-electron chi connectivity index (χ4n) is 1.62. The van der Waals surface area contributed by atoms with Gasteiger partial charge in [-0.1, -0.05) is 0 Å². The Hall–Kier alpha value is -1.71. The molecule has 0 bridgehead atoms. The molecular weight excluding hydrogens is 202 g/mol. The Morgan fingerprint density at radius 2 is 2.12 bits per heavy atom. The van der Waals surface area contributed by atoms with Crippen LogP contribution in [0.4, 0.5) is 11.4 Å². The first kappa shape index (κ1) is 10.8. The maximum Gasteiger partial charge on any atom is 0.253 e. The van der Waals surface area contributed by atoms with Crippen LogP contribution in [0.25, 0.3) is 0 Å². The molecule has 1 aromatic carbocycles. The van der Waals surface area contributed by atoms with E-state index < -0.39 is 0 Å². The van der Waals surface area contributed by atoms with E-state index in [1.165, 1.54) is 0 Å². The second kappa shape index (κ2) is 4.04. The number of anilines is 2. The highest BCUT2D eigenvalue weighted by Crippen LogP contribution is 2.24. The Balaban J connectivity index is 2.28. The Bertz CT molecular complexity index is 411. The summed E-state index contributed by atoms with van der Waals surface area (Å²) in [5, 5.41) is 2.97. The lowest BCUT2D eigenvalue weighted by Gasteiger charge is -2.17. The van der Waals surface area contributed by atoms with Gasteiger partial charge in [-0.25, -0.2) is 0 Å². The van der Waals surface area contributed by atoms with E-state index in [9.17, 15) is 4.79 Å². The van der Waals surface area contributed by atoms with Gasteiger partial charge in [0, 0.05) is 31.5 Å². The normalized spacial score (nSPS) is 14.6. The van der Waals surface area contributed by atoms with Gasteiger partial charge in [0.15, 0.2) is 0 Å². The summed E-state index contributed by atoms with van der Waals surface area (Å²) in [6.45, 7) is 0. The first-order valence-corrected chi connectivity index (χ1v) is 5.45. The molecule has 1 aliphatic carbocycles. The average molecular weight is 219 g/mol. The van der Waals surface area contributed by atoms with Crippen molar-refractivity contribution in [3.63, 3.8) is 0 Å². The minimum atomic E-state index is -0.0292. The molecule has 4 nitrogen and oxygen atoms in total. The van der Waals surface area contributed by atoms with Gasteiger partial charge in [-0.15, -0.1) is 0 Å². The van der Waals surface area contributed by atoms with E-state index in [1.807, 2.05) is 31.1 Å². The van der Waals surface area contributed by atoms with Crippen LogP contribution in [0.3, 0.4) is 0 Å². The van der Waals surface area contributed by atoms with Gasteiger partial charge in [-0.3, -0.25) is 4.79 Å². The third kappa shape index (κ3) is 2.27. The molecule has 0 aliphatic heterocycles. The molecule has 0 spiro atoms. The zero-order valence-electron chi connectivity index (χ0n) is 9.66. The number of hydrogen-bond donors (Lipinski definition) is 2. The summed E-state index contributed by atoms with van der Waals surface area (Å²) in [6, 6.07) is 5.77. The van der Waals surface area contributed by atoms with Gasteiger partial charge in [0.05, 0.1) is 5.56 Å². The first-order valence-electron chi connectivity index (χ1n) is 5.45.